The van der Waals surface area contributed by atoms with Crippen molar-refractivity contribution in [3.63, 3.8) is 0 Å². The Morgan fingerprint density at radius 1 is 1.47 bits per heavy atom. The topological polar surface area (TPSA) is 56.5 Å². The van der Waals surface area contributed by atoms with Gasteiger partial charge in [0.25, 0.3) is 0 Å². The van der Waals surface area contributed by atoms with Crippen LogP contribution in [0, 0.1) is 0 Å². The van der Waals surface area contributed by atoms with Crippen LogP contribution in [-0.4, -0.2) is 34.2 Å². The molecule has 0 aliphatic carbocycles. The lowest BCUT2D eigenvalue weighted by molar-refractivity contribution is -0.139. The molecule has 0 spiro atoms. The van der Waals surface area contributed by atoms with Gasteiger partial charge in [-0.25, -0.2) is 0 Å². The zero-order chi connectivity index (χ0) is 14.0. The van der Waals surface area contributed by atoms with Gasteiger partial charge in [0.05, 0.1) is 25.5 Å². The molecular formula is C14H24N2O3. The van der Waals surface area contributed by atoms with E-state index in [0.29, 0.717) is 18.6 Å². The Bertz CT molecular complexity index is 420. The number of hydrogen-bond acceptors (Lipinski definition) is 4. The Balaban J connectivity index is 2.40. The average Bonchev–Trinajstić information content (AvgIpc) is 2.71. The fourth-order valence-electron chi connectivity index (χ4n) is 3.09. The van der Waals surface area contributed by atoms with E-state index in [1.165, 1.54) is 0 Å². The zero-order valence-electron chi connectivity index (χ0n) is 12.2. The van der Waals surface area contributed by atoms with Gasteiger partial charge in [0.1, 0.15) is 11.3 Å². The molecule has 0 amide bonds. The molecular weight excluding hydrogens is 244 g/mol. The van der Waals surface area contributed by atoms with E-state index in [1.807, 2.05) is 18.5 Å². The number of nitrogens with zero attached hydrogens (tertiary/aromatic N) is 2. The normalized spacial score (nSPS) is 31.4. The first kappa shape index (κ1) is 14.3. The number of hydrogen-bond donors (Lipinski definition) is 1. The fourth-order valence-corrected chi connectivity index (χ4v) is 3.09. The van der Waals surface area contributed by atoms with Gasteiger partial charge in [-0.05, 0) is 20.3 Å². The number of aryl methyl sites for hydroxylation is 1. The van der Waals surface area contributed by atoms with Crippen LogP contribution in [0.25, 0.3) is 0 Å². The molecule has 2 heterocycles. The van der Waals surface area contributed by atoms with Crippen molar-refractivity contribution in [2.75, 3.05) is 7.11 Å². The molecule has 1 saturated heterocycles. The van der Waals surface area contributed by atoms with Gasteiger partial charge in [-0.15, -0.1) is 0 Å². The Morgan fingerprint density at radius 2 is 2.11 bits per heavy atom. The smallest absolute Gasteiger partial charge is 0.162 e. The third-order valence-electron chi connectivity index (χ3n) is 3.62. The Kier molecular flexibility index (Phi) is 4.16. The van der Waals surface area contributed by atoms with Gasteiger partial charge in [-0.1, -0.05) is 6.92 Å². The summed E-state index contributed by atoms with van der Waals surface area (Å²) in [6.07, 6.45) is 3.86. The maximum Gasteiger partial charge on any atom is 0.162 e. The minimum Gasteiger partial charge on any atom is -0.493 e. The highest BCUT2D eigenvalue weighted by Gasteiger charge is 2.42. The highest BCUT2D eigenvalue weighted by atomic mass is 16.5. The van der Waals surface area contributed by atoms with Gasteiger partial charge in [0, 0.05) is 19.4 Å². The average molecular weight is 268 g/mol. The van der Waals surface area contributed by atoms with Crippen molar-refractivity contribution in [1.82, 2.24) is 9.78 Å². The van der Waals surface area contributed by atoms with Crippen LogP contribution in [0.1, 0.15) is 45.7 Å². The molecule has 0 aromatic carbocycles. The summed E-state index contributed by atoms with van der Waals surface area (Å²) in [5.41, 5.74) is -0.132. The Morgan fingerprint density at radius 3 is 2.63 bits per heavy atom. The predicted octanol–water partition coefficient (Wildman–Crippen LogP) is 2.08. The van der Waals surface area contributed by atoms with E-state index in [4.69, 9.17) is 9.47 Å². The lowest BCUT2D eigenvalue weighted by Gasteiger charge is -2.39. The van der Waals surface area contributed by atoms with Crippen LogP contribution < -0.4 is 4.74 Å². The third kappa shape index (κ3) is 2.77. The van der Waals surface area contributed by atoms with E-state index in [9.17, 15) is 5.11 Å². The van der Waals surface area contributed by atoms with Crippen molar-refractivity contribution < 1.29 is 14.6 Å². The zero-order valence-corrected chi connectivity index (χ0v) is 12.2. The van der Waals surface area contributed by atoms with E-state index in [2.05, 4.69) is 12.0 Å². The standard InChI is InChI=1S/C14H24N2O3/c1-5-6-16-13(12(18-4)9-15-16)14(17)7-10(2)19-11(3)8-14/h9-11,17H,5-8H2,1-4H3. The van der Waals surface area contributed by atoms with Crippen molar-refractivity contribution >= 4 is 0 Å². The van der Waals surface area contributed by atoms with Gasteiger partial charge in [0.15, 0.2) is 5.75 Å². The number of methoxy groups -OCH3 is 1. The van der Waals surface area contributed by atoms with Gasteiger partial charge < -0.3 is 14.6 Å². The molecule has 0 bridgehead atoms. The summed E-state index contributed by atoms with van der Waals surface area (Å²) in [5.74, 6) is 0.664. The lowest BCUT2D eigenvalue weighted by atomic mass is 9.84. The second-order valence-electron chi connectivity index (χ2n) is 5.48. The quantitative estimate of drug-likeness (QED) is 0.908. The van der Waals surface area contributed by atoms with Gasteiger partial charge in [-0.2, -0.15) is 5.10 Å². The van der Waals surface area contributed by atoms with Crippen LogP contribution >= 0.6 is 0 Å². The molecule has 2 rings (SSSR count). The van der Waals surface area contributed by atoms with Crippen molar-refractivity contribution in [1.29, 1.82) is 0 Å². The van der Waals surface area contributed by atoms with Crippen molar-refractivity contribution in [3.8, 4) is 5.75 Å². The summed E-state index contributed by atoms with van der Waals surface area (Å²) >= 11 is 0. The first-order chi connectivity index (χ1) is 9.00. The highest BCUT2D eigenvalue weighted by molar-refractivity contribution is 5.31. The van der Waals surface area contributed by atoms with Crippen LogP contribution in [-0.2, 0) is 16.9 Å². The molecule has 1 N–H and O–H groups in total. The maximum absolute atomic E-state index is 11.1. The largest absolute Gasteiger partial charge is 0.493 e. The molecule has 2 atom stereocenters. The first-order valence-corrected chi connectivity index (χ1v) is 6.98. The molecule has 1 fully saturated rings. The van der Waals surface area contributed by atoms with Crippen LogP contribution in [0.4, 0.5) is 0 Å². The molecule has 0 radical (unpaired) electrons. The van der Waals surface area contributed by atoms with E-state index in [1.54, 1.807) is 13.3 Å². The molecule has 5 nitrogen and oxygen atoms in total. The van der Waals surface area contributed by atoms with Gasteiger partial charge >= 0.3 is 0 Å². The molecule has 0 saturated carbocycles. The van der Waals surface area contributed by atoms with E-state index >= 15 is 0 Å². The molecule has 1 aromatic heterocycles. The van der Waals surface area contributed by atoms with Crippen molar-refractivity contribution in [3.05, 3.63) is 11.9 Å². The SMILES string of the molecule is CCCn1ncc(OC)c1C1(O)CC(C)OC(C)C1. The van der Waals surface area contributed by atoms with Gasteiger partial charge in [0.2, 0.25) is 0 Å². The molecule has 1 aromatic rings. The van der Waals surface area contributed by atoms with Crippen LogP contribution in [0.5, 0.6) is 5.75 Å². The highest BCUT2D eigenvalue weighted by Crippen LogP contribution is 2.41. The molecule has 1 aliphatic heterocycles. The predicted molar refractivity (Wildman–Crippen MR) is 72.2 cm³/mol. The summed E-state index contributed by atoms with van der Waals surface area (Å²) in [4.78, 5) is 0. The fraction of sp³-hybridized carbons (Fsp3) is 0.786. The summed E-state index contributed by atoms with van der Waals surface area (Å²) in [5, 5.41) is 15.4. The Labute approximate surface area is 114 Å². The lowest BCUT2D eigenvalue weighted by Crippen LogP contribution is -2.42. The van der Waals surface area contributed by atoms with Gasteiger partial charge in [-0.3, -0.25) is 4.68 Å². The van der Waals surface area contributed by atoms with E-state index in [0.717, 1.165) is 18.7 Å². The van der Waals surface area contributed by atoms with Crippen LogP contribution in [0.15, 0.2) is 6.20 Å². The molecule has 19 heavy (non-hydrogen) atoms. The Hall–Kier alpha value is -1.07. The molecule has 5 heteroatoms. The summed E-state index contributed by atoms with van der Waals surface area (Å²) in [7, 11) is 1.62. The van der Waals surface area contributed by atoms with Crippen molar-refractivity contribution in [2.45, 2.75) is 64.4 Å². The number of aliphatic hydroxyl groups is 1. The maximum atomic E-state index is 11.1. The minimum absolute atomic E-state index is 0.0310. The molecule has 1 aliphatic rings. The van der Waals surface area contributed by atoms with E-state index < -0.39 is 5.60 Å². The monoisotopic (exact) mass is 268 g/mol. The summed E-state index contributed by atoms with van der Waals surface area (Å²) < 4.78 is 13.0. The second kappa shape index (κ2) is 5.51. The van der Waals surface area contributed by atoms with Crippen LogP contribution in [0.3, 0.4) is 0 Å². The minimum atomic E-state index is -0.923. The van der Waals surface area contributed by atoms with Crippen molar-refractivity contribution in [2.24, 2.45) is 0 Å². The number of ether oxygens (including phenoxy) is 2. The van der Waals surface area contributed by atoms with E-state index in [-0.39, 0.29) is 12.2 Å². The molecule has 2 unspecified atom stereocenters. The number of aromatic nitrogens is 2. The number of rotatable bonds is 4. The summed E-state index contributed by atoms with van der Waals surface area (Å²) in [6, 6.07) is 0. The molecule has 108 valence electrons. The summed E-state index contributed by atoms with van der Waals surface area (Å²) in [6.45, 7) is 6.86. The second-order valence-corrected chi connectivity index (χ2v) is 5.48. The third-order valence-corrected chi connectivity index (χ3v) is 3.62. The van der Waals surface area contributed by atoms with Crippen LogP contribution in [0.2, 0.25) is 0 Å². The first-order valence-electron chi connectivity index (χ1n) is 6.98.